The molecule has 3 aromatic rings. The van der Waals surface area contributed by atoms with E-state index in [-0.39, 0.29) is 0 Å². The number of nitrogens with zero attached hydrogens (tertiary/aromatic N) is 1. The summed E-state index contributed by atoms with van der Waals surface area (Å²) in [5, 5.41) is 4.86. The summed E-state index contributed by atoms with van der Waals surface area (Å²) in [4.78, 5) is 0. The quantitative estimate of drug-likeness (QED) is 0.775. The van der Waals surface area contributed by atoms with Gasteiger partial charge >= 0.3 is 0 Å². The molecular formula is C21H24N2O2. The molecule has 0 saturated carbocycles. The molecule has 4 nitrogen and oxygen atoms in total. The van der Waals surface area contributed by atoms with Crippen LogP contribution in [0.5, 0.6) is 11.5 Å². The van der Waals surface area contributed by atoms with Crippen LogP contribution in [0.15, 0.2) is 48.5 Å². The smallest absolute Gasteiger partial charge is 0.161 e. The average molecular weight is 336 g/mol. The Kier molecular flexibility index (Phi) is 4.61. The maximum Gasteiger partial charge on any atom is 0.161 e. The van der Waals surface area contributed by atoms with Crippen LogP contribution >= 0.6 is 0 Å². The molecule has 0 amide bonds. The van der Waals surface area contributed by atoms with E-state index in [0.717, 1.165) is 44.0 Å². The minimum atomic E-state index is 0.648. The van der Waals surface area contributed by atoms with E-state index in [1.54, 1.807) is 7.11 Å². The minimum Gasteiger partial charge on any atom is -0.493 e. The van der Waals surface area contributed by atoms with Gasteiger partial charge in [0.2, 0.25) is 0 Å². The Morgan fingerprint density at radius 3 is 2.68 bits per heavy atom. The lowest BCUT2D eigenvalue weighted by molar-refractivity contribution is 0.297. The molecule has 0 bridgehead atoms. The molecule has 0 saturated heterocycles. The summed E-state index contributed by atoms with van der Waals surface area (Å²) in [5.41, 5.74) is 4.22. The number of methoxy groups -OCH3 is 1. The van der Waals surface area contributed by atoms with E-state index in [9.17, 15) is 0 Å². The van der Waals surface area contributed by atoms with Crippen molar-refractivity contribution in [3.05, 3.63) is 59.8 Å². The SMILES string of the molecule is COc1ccccc1OCCc1c2n(c3ccccc13)CCNCC2. The average Bonchev–Trinajstić information content (AvgIpc) is 2.81. The third kappa shape index (κ3) is 3.10. The van der Waals surface area contributed by atoms with Crippen LogP contribution < -0.4 is 14.8 Å². The minimum absolute atomic E-state index is 0.648. The summed E-state index contributed by atoms with van der Waals surface area (Å²) < 4.78 is 13.9. The predicted molar refractivity (Wildman–Crippen MR) is 101 cm³/mol. The van der Waals surface area contributed by atoms with Gasteiger partial charge in [-0.25, -0.2) is 0 Å². The number of nitrogens with one attached hydrogen (secondary N) is 1. The highest BCUT2D eigenvalue weighted by molar-refractivity contribution is 5.85. The molecule has 1 aliphatic rings. The number of ether oxygens (including phenoxy) is 2. The van der Waals surface area contributed by atoms with Crippen molar-refractivity contribution < 1.29 is 9.47 Å². The van der Waals surface area contributed by atoms with Gasteiger partial charge in [-0.05, 0) is 23.8 Å². The van der Waals surface area contributed by atoms with Gasteiger partial charge in [0.1, 0.15) is 0 Å². The number of hydrogen-bond acceptors (Lipinski definition) is 3. The molecule has 130 valence electrons. The topological polar surface area (TPSA) is 35.4 Å². The normalized spacial score (nSPS) is 14.1. The van der Waals surface area contributed by atoms with E-state index in [0.29, 0.717) is 6.61 Å². The van der Waals surface area contributed by atoms with Crippen LogP contribution in [0.3, 0.4) is 0 Å². The van der Waals surface area contributed by atoms with Crippen molar-refractivity contribution in [3.8, 4) is 11.5 Å². The number of para-hydroxylation sites is 3. The lowest BCUT2D eigenvalue weighted by atomic mass is 10.1. The first-order valence-corrected chi connectivity index (χ1v) is 8.94. The number of fused-ring (bicyclic) bond motifs is 3. The zero-order chi connectivity index (χ0) is 17.1. The van der Waals surface area contributed by atoms with Crippen LogP contribution in [-0.2, 0) is 19.4 Å². The number of hydrogen-bond donors (Lipinski definition) is 1. The van der Waals surface area contributed by atoms with Gasteiger partial charge in [0.05, 0.1) is 13.7 Å². The molecular weight excluding hydrogens is 312 g/mol. The van der Waals surface area contributed by atoms with Crippen molar-refractivity contribution in [2.24, 2.45) is 0 Å². The molecule has 2 heterocycles. The molecule has 0 aliphatic carbocycles. The Bertz CT molecular complexity index is 869. The van der Waals surface area contributed by atoms with Crippen molar-refractivity contribution in [2.45, 2.75) is 19.4 Å². The molecule has 1 aromatic heterocycles. The second-order valence-electron chi connectivity index (χ2n) is 6.34. The van der Waals surface area contributed by atoms with E-state index in [2.05, 4.69) is 34.1 Å². The van der Waals surface area contributed by atoms with Crippen LogP contribution in [0, 0.1) is 0 Å². The largest absolute Gasteiger partial charge is 0.493 e. The van der Waals surface area contributed by atoms with Crippen LogP contribution in [0.4, 0.5) is 0 Å². The molecule has 4 rings (SSSR count). The van der Waals surface area contributed by atoms with Crippen molar-refractivity contribution in [1.82, 2.24) is 9.88 Å². The fourth-order valence-corrected chi connectivity index (χ4v) is 3.77. The van der Waals surface area contributed by atoms with Crippen molar-refractivity contribution in [1.29, 1.82) is 0 Å². The molecule has 0 unspecified atom stereocenters. The maximum atomic E-state index is 6.02. The molecule has 4 heteroatoms. The van der Waals surface area contributed by atoms with Crippen molar-refractivity contribution >= 4 is 10.9 Å². The molecule has 0 atom stereocenters. The monoisotopic (exact) mass is 336 g/mol. The van der Waals surface area contributed by atoms with Gasteiger partial charge in [0, 0.05) is 49.1 Å². The number of benzene rings is 2. The third-order valence-corrected chi connectivity index (χ3v) is 4.92. The first-order chi connectivity index (χ1) is 12.4. The van der Waals surface area contributed by atoms with E-state index in [1.807, 2.05) is 24.3 Å². The molecule has 1 N–H and O–H groups in total. The molecule has 0 fully saturated rings. The molecule has 0 radical (unpaired) electrons. The highest BCUT2D eigenvalue weighted by Gasteiger charge is 2.18. The fourth-order valence-electron chi connectivity index (χ4n) is 3.77. The Hall–Kier alpha value is -2.46. The van der Waals surface area contributed by atoms with Gasteiger partial charge < -0.3 is 19.4 Å². The summed E-state index contributed by atoms with van der Waals surface area (Å²) in [6, 6.07) is 16.6. The highest BCUT2D eigenvalue weighted by atomic mass is 16.5. The lowest BCUT2D eigenvalue weighted by Gasteiger charge is -2.11. The molecule has 1 aliphatic heterocycles. The van der Waals surface area contributed by atoms with E-state index >= 15 is 0 Å². The Morgan fingerprint density at radius 1 is 1.00 bits per heavy atom. The first-order valence-electron chi connectivity index (χ1n) is 8.94. The third-order valence-electron chi connectivity index (χ3n) is 4.92. The zero-order valence-electron chi connectivity index (χ0n) is 14.6. The van der Waals surface area contributed by atoms with Gasteiger partial charge in [-0.2, -0.15) is 0 Å². The standard InChI is InChI=1S/C21H24N2O2/c1-24-20-8-4-5-9-21(20)25-15-11-17-16-6-2-3-7-18(16)23-14-13-22-12-10-19(17)23/h2-9,22H,10-15H2,1H3. The van der Waals surface area contributed by atoms with Crippen LogP contribution in [0.1, 0.15) is 11.3 Å². The number of rotatable bonds is 5. The summed E-state index contributed by atoms with van der Waals surface area (Å²) in [7, 11) is 1.68. The van der Waals surface area contributed by atoms with Gasteiger partial charge in [0.15, 0.2) is 11.5 Å². The second-order valence-corrected chi connectivity index (χ2v) is 6.34. The molecule has 2 aromatic carbocycles. The molecule has 0 spiro atoms. The Labute approximate surface area is 148 Å². The predicted octanol–water partition coefficient (Wildman–Crippen LogP) is 3.42. The van der Waals surface area contributed by atoms with E-state index in [1.165, 1.54) is 22.2 Å². The summed E-state index contributed by atoms with van der Waals surface area (Å²) in [6.45, 7) is 3.75. The lowest BCUT2D eigenvalue weighted by Crippen LogP contribution is -2.17. The van der Waals surface area contributed by atoms with E-state index < -0.39 is 0 Å². The Balaban J connectivity index is 1.60. The van der Waals surface area contributed by atoms with Crippen molar-refractivity contribution in [2.75, 3.05) is 26.8 Å². The van der Waals surface area contributed by atoms with Crippen molar-refractivity contribution in [3.63, 3.8) is 0 Å². The van der Waals surface area contributed by atoms with E-state index in [4.69, 9.17) is 9.47 Å². The van der Waals surface area contributed by atoms with Gasteiger partial charge in [0.25, 0.3) is 0 Å². The van der Waals surface area contributed by atoms with Gasteiger partial charge in [-0.1, -0.05) is 30.3 Å². The summed E-state index contributed by atoms with van der Waals surface area (Å²) in [5.74, 6) is 1.59. The maximum absolute atomic E-state index is 6.02. The zero-order valence-corrected chi connectivity index (χ0v) is 14.6. The highest BCUT2D eigenvalue weighted by Crippen LogP contribution is 2.29. The fraction of sp³-hybridized carbons (Fsp3) is 0.333. The van der Waals surface area contributed by atoms with Crippen LogP contribution in [0.2, 0.25) is 0 Å². The second kappa shape index (κ2) is 7.19. The number of aromatic nitrogens is 1. The Morgan fingerprint density at radius 2 is 1.80 bits per heavy atom. The van der Waals surface area contributed by atoms with Gasteiger partial charge in [-0.3, -0.25) is 0 Å². The van der Waals surface area contributed by atoms with Crippen LogP contribution in [0.25, 0.3) is 10.9 Å². The summed E-state index contributed by atoms with van der Waals surface area (Å²) >= 11 is 0. The summed E-state index contributed by atoms with van der Waals surface area (Å²) in [6.07, 6.45) is 1.97. The molecule has 25 heavy (non-hydrogen) atoms. The van der Waals surface area contributed by atoms with Crippen LogP contribution in [-0.4, -0.2) is 31.4 Å². The first kappa shape index (κ1) is 16.0. The van der Waals surface area contributed by atoms with Gasteiger partial charge in [-0.15, -0.1) is 0 Å².